The molecule has 0 spiro atoms. The van der Waals surface area contributed by atoms with E-state index in [0.29, 0.717) is 25.2 Å². The van der Waals surface area contributed by atoms with Crippen molar-refractivity contribution in [3.8, 4) is 6.07 Å². The van der Waals surface area contributed by atoms with Gasteiger partial charge in [0.25, 0.3) is 0 Å². The maximum absolute atomic E-state index is 13.1. The van der Waals surface area contributed by atoms with Gasteiger partial charge in [0.15, 0.2) is 0 Å². The SMILES string of the molecule is CCN(c1ccc(C#N)c(C(F)(F)F)c1)C1CCN(C(=O)O)C1. The van der Waals surface area contributed by atoms with E-state index in [1.54, 1.807) is 17.9 Å². The van der Waals surface area contributed by atoms with Crippen molar-refractivity contribution in [2.45, 2.75) is 25.6 Å². The summed E-state index contributed by atoms with van der Waals surface area (Å²) in [7, 11) is 0. The fraction of sp³-hybridized carbons (Fsp3) is 0.467. The van der Waals surface area contributed by atoms with Gasteiger partial charge in [0, 0.05) is 31.4 Å². The number of rotatable bonds is 3. The van der Waals surface area contributed by atoms with Crippen molar-refractivity contribution in [3.63, 3.8) is 0 Å². The van der Waals surface area contributed by atoms with E-state index < -0.39 is 23.4 Å². The quantitative estimate of drug-likeness (QED) is 0.926. The Labute approximate surface area is 131 Å². The molecule has 0 bridgehead atoms. The number of amides is 1. The molecule has 5 nitrogen and oxygen atoms in total. The molecule has 1 saturated heterocycles. The number of nitrogens with zero attached hydrogens (tertiary/aromatic N) is 3. The number of likely N-dealkylation sites (N-methyl/N-ethyl adjacent to an activating group) is 1. The Balaban J connectivity index is 2.33. The second-order valence-corrected chi connectivity index (χ2v) is 5.30. The molecule has 1 heterocycles. The molecule has 2 rings (SSSR count). The molecule has 1 N–H and O–H groups in total. The molecule has 8 heteroatoms. The Morgan fingerprint density at radius 1 is 1.52 bits per heavy atom. The molecule has 0 saturated carbocycles. The van der Waals surface area contributed by atoms with Gasteiger partial charge in [0.2, 0.25) is 0 Å². The van der Waals surface area contributed by atoms with Gasteiger partial charge in [-0.1, -0.05) is 0 Å². The number of nitriles is 1. The van der Waals surface area contributed by atoms with Crippen molar-refractivity contribution in [2.24, 2.45) is 0 Å². The highest BCUT2D eigenvalue weighted by Crippen LogP contribution is 2.35. The predicted molar refractivity (Wildman–Crippen MR) is 77.2 cm³/mol. The maximum atomic E-state index is 13.1. The van der Waals surface area contributed by atoms with Crippen LogP contribution in [0.15, 0.2) is 18.2 Å². The van der Waals surface area contributed by atoms with E-state index >= 15 is 0 Å². The fourth-order valence-corrected chi connectivity index (χ4v) is 2.86. The fourth-order valence-electron chi connectivity index (χ4n) is 2.86. The van der Waals surface area contributed by atoms with Crippen LogP contribution in [-0.4, -0.2) is 41.8 Å². The van der Waals surface area contributed by atoms with Gasteiger partial charge in [-0.25, -0.2) is 4.79 Å². The molecular formula is C15H16F3N3O2. The highest BCUT2D eigenvalue weighted by molar-refractivity contribution is 5.66. The molecule has 0 aliphatic carbocycles. The highest BCUT2D eigenvalue weighted by atomic mass is 19.4. The van der Waals surface area contributed by atoms with Gasteiger partial charge in [0.05, 0.1) is 17.2 Å². The number of carboxylic acid groups (broad SMARTS) is 1. The number of benzene rings is 1. The summed E-state index contributed by atoms with van der Waals surface area (Å²) in [5.74, 6) is 0. The van der Waals surface area contributed by atoms with E-state index in [9.17, 15) is 18.0 Å². The summed E-state index contributed by atoms with van der Waals surface area (Å²) in [6, 6.07) is 4.97. The third-order valence-electron chi connectivity index (χ3n) is 3.98. The Morgan fingerprint density at radius 2 is 2.22 bits per heavy atom. The molecular weight excluding hydrogens is 311 g/mol. The summed E-state index contributed by atoms with van der Waals surface area (Å²) >= 11 is 0. The number of halogens is 3. The topological polar surface area (TPSA) is 67.6 Å². The average Bonchev–Trinajstić information content (AvgIpc) is 2.97. The number of likely N-dealkylation sites (tertiary alicyclic amines) is 1. The highest BCUT2D eigenvalue weighted by Gasteiger charge is 2.35. The molecule has 1 unspecified atom stereocenters. The molecule has 1 aromatic rings. The third-order valence-corrected chi connectivity index (χ3v) is 3.98. The van der Waals surface area contributed by atoms with Crippen LogP contribution in [0.25, 0.3) is 0 Å². The lowest BCUT2D eigenvalue weighted by Crippen LogP contribution is -2.38. The summed E-state index contributed by atoms with van der Waals surface area (Å²) in [5, 5.41) is 17.8. The lowest BCUT2D eigenvalue weighted by Gasteiger charge is -2.30. The second-order valence-electron chi connectivity index (χ2n) is 5.30. The first kappa shape index (κ1) is 16.9. The van der Waals surface area contributed by atoms with Gasteiger partial charge >= 0.3 is 12.3 Å². The molecule has 1 aromatic carbocycles. The summed E-state index contributed by atoms with van der Waals surface area (Å²) < 4.78 is 39.2. The summed E-state index contributed by atoms with van der Waals surface area (Å²) in [6.45, 7) is 2.86. The first-order valence-electron chi connectivity index (χ1n) is 7.13. The average molecular weight is 327 g/mol. The minimum atomic E-state index is -4.61. The zero-order valence-corrected chi connectivity index (χ0v) is 12.5. The Bertz CT molecular complexity index is 640. The number of carbonyl (C=O) groups is 1. The molecule has 0 aromatic heterocycles. The van der Waals surface area contributed by atoms with Crippen molar-refractivity contribution in [1.82, 2.24) is 4.90 Å². The van der Waals surface area contributed by atoms with Gasteiger partial charge in [-0.2, -0.15) is 18.4 Å². The zero-order valence-electron chi connectivity index (χ0n) is 12.5. The minimum absolute atomic E-state index is 0.176. The van der Waals surface area contributed by atoms with Crippen LogP contribution in [0.2, 0.25) is 0 Å². The zero-order chi connectivity index (χ0) is 17.2. The van der Waals surface area contributed by atoms with E-state index in [4.69, 9.17) is 10.4 Å². The largest absolute Gasteiger partial charge is 0.465 e. The predicted octanol–water partition coefficient (Wildman–Crippen LogP) is 3.16. The van der Waals surface area contributed by atoms with Crippen LogP contribution >= 0.6 is 0 Å². The van der Waals surface area contributed by atoms with Gasteiger partial charge in [-0.15, -0.1) is 0 Å². The second kappa shape index (κ2) is 6.36. The first-order chi connectivity index (χ1) is 10.8. The smallest absolute Gasteiger partial charge is 0.417 e. The Hall–Kier alpha value is -2.43. The molecule has 1 aliphatic heterocycles. The number of hydrogen-bond donors (Lipinski definition) is 1. The van der Waals surface area contributed by atoms with Crippen molar-refractivity contribution >= 4 is 11.8 Å². The summed E-state index contributed by atoms with van der Waals surface area (Å²) in [6.07, 6.45) is -5.08. The molecule has 0 radical (unpaired) electrons. The maximum Gasteiger partial charge on any atom is 0.417 e. The van der Waals surface area contributed by atoms with Crippen LogP contribution in [0.1, 0.15) is 24.5 Å². The molecule has 1 amide bonds. The Morgan fingerprint density at radius 3 is 2.70 bits per heavy atom. The van der Waals surface area contributed by atoms with Crippen molar-refractivity contribution in [3.05, 3.63) is 29.3 Å². The normalized spacial score (nSPS) is 17.9. The molecule has 1 atom stereocenters. The van der Waals surface area contributed by atoms with E-state index in [2.05, 4.69) is 0 Å². The number of alkyl halides is 3. The van der Waals surface area contributed by atoms with Gasteiger partial charge < -0.3 is 14.9 Å². The van der Waals surface area contributed by atoms with Crippen LogP contribution < -0.4 is 4.90 Å². The summed E-state index contributed by atoms with van der Waals surface area (Å²) in [5.41, 5.74) is -1.05. The molecule has 23 heavy (non-hydrogen) atoms. The van der Waals surface area contributed by atoms with E-state index in [1.165, 1.54) is 11.0 Å². The lowest BCUT2D eigenvalue weighted by molar-refractivity contribution is -0.137. The minimum Gasteiger partial charge on any atom is -0.465 e. The molecule has 124 valence electrons. The molecule has 1 aliphatic rings. The Kier molecular flexibility index (Phi) is 4.68. The van der Waals surface area contributed by atoms with Crippen LogP contribution in [0.4, 0.5) is 23.7 Å². The van der Waals surface area contributed by atoms with Crippen molar-refractivity contribution < 1.29 is 23.1 Å². The van der Waals surface area contributed by atoms with E-state index in [-0.39, 0.29) is 12.6 Å². The number of anilines is 1. The van der Waals surface area contributed by atoms with Crippen LogP contribution in [-0.2, 0) is 6.18 Å². The third kappa shape index (κ3) is 3.50. The van der Waals surface area contributed by atoms with Crippen LogP contribution in [0.5, 0.6) is 0 Å². The van der Waals surface area contributed by atoms with E-state index in [0.717, 1.165) is 12.1 Å². The summed E-state index contributed by atoms with van der Waals surface area (Å²) in [4.78, 5) is 14.0. The van der Waals surface area contributed by atoms with Gasteiger partial charge in [0.1, 0.15) is 0 Å². The van der Waals surface area contributed by atoms with Crippen LogP contribution in [0.3, 0.4) is 0 Å². The first-order valence-corrected chi connectivity index (χ1v) is 7.13. The van der Waals surface area contributed by atoms with Gasteiger partial charge in [-0.3, -0.25) is 0 Å². The van der Waals surface area contributed by atoms with Crippen molar-refractivity contribution in [1.29, 1.82) is 5.26 Å². The lowest BCUT2D eigenvalue weighted by atomic mass is 10.1. The monoisotopic (exact) mass is 327 g/mol. The number of hydrogen-bond acceptors (Lipinski definition) is 3. The van der Waals surface area contributed by atoms with Crippen molar-refractivity contribution in [2.75, 3.05) is 24.5 Å². The standard InChI is InChI=1S/C15H16F3N3O2/c1-2-21(12-5-6-20(9-12)14(22)23)11-4-3-10(8-19)13(7-11)15(16,17)18/h3-4,7,12H,2,5-6,9H2,1H3,(H,22,23). The van der Waals surface area contributed by atoms with Gasteiger partial charge in [-0.05, 0) is 31.5 Å². The molecule has 1 fully saturated rings. The van der Waals surface area contributed by atoms with E-state index in [1.807, 2.05) is 0 Å². The van der Waals surface area contributed by atoms with Crippen LogP contribution in [0, 0.1) is 11.3 Å².